The number of ether oxygens (including phenoxy) is 1. The minimum atomic E-state index is -0.570. The molecule has 0 amide bonds. The fourth-order valence-electron chi connectivity index (χ4n) is 2.19. The average molecular weight is 249 g/mol. The van der Waals surface area contributed by atoms with Crippen LogP contribution in [0.5, 0.6) is 0 Å². The van der Waals surface area contributed by atoms with Crippen molar-refractivity contribution in [1.82, 2.24) is 0 Å². The van der Waals surface area contributed by atoms with Crippen LogP contribution in [0.4, 0.5) is 0 Å². The second-order valence-electron chi connectivity index (χ2n) is 4.63. The van der Waals surface area contributed by atoms with E-state index in [0.29, 0.717) is 6.61 Å². The Morgan fingerprint density at radius 2 is 1.89 bits per heavy atom. The van der Waals surface area contributed by atoms with Crippen molar-refractivity contribution in [3.8, 4) is 0 Å². The highest BCUT2D eigenvalue weighted by molar-refractivity contribution is 5.84. The molecule has 1 aromatic carbocycles. The van der Waals surface area contributed by atoms with Gasteiger partial charge in [-0.15, -0.1) is 0 Å². The molecule has 1 aliphatic rings. The van der Waals surface area contributed by atoms with Crippen molar-refractivity contribution in [3.05, 3.63) is 35.9 Å². The molecule has 0 radical (unpaired) electrons. The van der Waals surface area contributed by atoms with Gasteiger partial charge in [-0.25, -0.2) is 0 Å². The van der Waals surface area contributed by atoms with Crippen molar-refractivity contribution in [2.45, 2.75) is 37.9 Å². The zero-order valence-corrected chi connectivity index (χ0v) is 10.3. The Labute approximate surface area is 107 Å². The van der Waals surface area contributed by atoms with Crippen molar-refractivity contribution < 1.29 is 15.1 Å². The lowest BCUT2D eigenvalue weighted by atomic mass is 9.96. The van der Waals surface area contributed by atoms with E-state index in [2.05, 4.69) is 5.16 Å². The number of hydrogen-bond donors (Lipinski definition) is 2. The Hall–Kier alpha value is -1.39. The Kier molecular flexibility index (Phi) is 4.73. The van der Waals surface area contributed by atoms with Crippen molar-refractivity contribution in [3.63, 3.8) is 0 Å². The van der Waals surface area contributed by atoms with Crippen LogP contribution in [0.3, 0.4) is 0 Å². The molecule has 0 bridgehead atoms. The molecule has 0 aromatic heterocycles. The Morgan fingerprint density at radius 1 is 1.22 bits per heavy atom. The van der Waals surface area contributed by atoms with Gasteiger partial charge in [-0.1, -0.05) is 35.5 Å². The summed E-state index contributed by atoms with van der Waals surface area (Å²) in [4.78, 5) is 0. The summed E-state index contributed by atoms with van der Waals surface area (Å²) < 4.78 is 5.71. The van der Waals surface area contributed by atoms with Gasteiger partial charge in [0.05, 0.1) is 18.4 Å². The van der Waals surface area contributed by atoms with Gasteiger partial charge in [-0.3, -0.25) is 0 Å². The van der Waals surface area contributed by atoms with E-state index in [1.54, 1.807) is 0 Å². The van der Waals surface area contributed by atoms with Crippen LogP contribution in [-0.4, -0.2) is 28.7 Å². The topological polar surface area (TPSA) is 62.1 Å². The minimum absolute atomic E-state index is 0.161. The lowest BCUT2D eigenvalue weighted by molar-refractivity contribution is -0.0179. The van der Waals surface area contributed by atoms with Crippen molar-refractivity contribution in [2.24, 2.45) is 5.16 Å². The molecular formula is C14H19NO3. The van der Waals surface area contributed by atoms with Crippen LogP contribution < -0.4 is 0 Å². The van der Waals surface area contributed by atoms with E-state index < -0.39 is 6.10 Å². The van der Waals surface area contributed by atoms with Gasteiger partial charge in [0.15, 0.2) is 0 Å². The fraction of sp³-hybridized carbons (Fsp3) is 0.500. The Balaban J connectivity index is 1.75. The predicted octanol–water partition coefficient (Wildman–Crippen LogP) is 2.51. The maximum Gasteiger partial charge on any atom is 0.102 e. The van der Waals surface area contributed by atoms with E-state index in [9.17, 15) is 5.11 Å². The van der Waals surface area contributed by atoms with Crippen LogP contribution in [0, 0.1) is 0 Å². The summed E-state index contributed by atoms with van der Waals surface area (Å²) in [6.07, 6.45) is 2.88. The maximum absolute atomic E-state index is 9.96. The number of rotatable bonds is 4. The second kappa shape index (κ2) is 6.52. The molecule has 2 rings (SSSR count). The standard InChI is InChI=1S/C14H19NO3/c16-14(11-4-2-1-3-5-11)10-18-13-8-6-12(15-17)7-9-13/h1-5,13-14,16-17H,6-10H2. The van der Waals surface area contributed by atoms with Crippen LogP contribution in [-0.2, 0) is 4.74 Å². The summed E-state index contributed by atoms with van der Waals surface area (Å²) in [5, 5.41) is 21.8. The van der Waals surface area contributed by atoms with E-state index in [0.717, 1.165) is 37.0 Å². The highest BCUT2D eigenvalue weighted by Crippen LogP contribution is 2.21. The van der Waals surface area contributed by atoms with E-state index in [1.165, 1.54) is 0 Å². The molecule has 1 atom stereocenters. The first-order valence-corrected chi connectivity index (χ1v) is 6.34. The van der Waals surface area contributed by atoms with E-state index in [4.69, 9.17) is 9.94 Å². The summed E-state index contributed by atoms with van der Waals surface area (Å²) in [6.45, 7) is 0.320. The van der Waals surface area contributed by atoms with Crippen molar-refractivity contribution >= 4 is 5.71 Å². The molecule has 1 fully saturated rings. The van der Waals surface area contributed by atoms with Crippen molar-refractivity contribution in [1.29, 1.82) is 0 Å². The molecule has 1 aliphatic carbocycles. The lowest BCUT2D eigenvalue weighted by Crippen LogP contribution is -2.23. The molecule has 4 nitrogen and oxygen atoms in total. The second-order valence-corrected chi connectivity index (χ2v) is 4.63. The van der Waals surface area contributed by atoms with Crippen LogP contribution in [0.25, 0.3) is 0 Å². The van der Waals surface area contributed by atoms with Crippen LogP contribution in [0.15, 0.2) is 35.5 Å². The molecule has 0 heterocycles. The van der Waals surface area contributed by atoms with Crippen molar-refractivity contribution in [2.75, 3.05) is 6.61 Å². The van der Waals surface area contributed by atoms with Crippen LogP contribution in [0.1, 0.15) is 37.4 Å². The molecule has 98 valence electrons. The number of oxime groups is 1. The number of aliphatic hydroxyl groups is 1. The molecule has 1 aromatic rings. The van der Waals surface area contributed by atoms with E-state index >= 15 is 0 Å². The van der Waals surface area contributed by atoms with Gasteiger partial charge in [0.2, 0.25) is 0 Å². The Morgan fingerprint density at radius 3 is 2.50 bits per heavy atom. The molecular weight excluding hydrogens is 230 g/mol. The van der Waals surface area contributed by atoms with E-state index in [-0.39, 0.29) is 6.10 Å². The molecule has 4 heteroatoms. The monoisotopic (exact) mass is 249 g/mol. The molecule has 0 aliphatic heterocycles. The predicted molar refractivity (Wildman–Crippen MR) is 68.8 cm³/mol. The first-order valence-electron chi connectivity index (χ1n) is 6.34. The number of benzene rings is 1. The van der Waals surface area contributed by atoms with Crippen LogP contribution >= 0.6 is 0 Å². The smallest absolute Gasteiger partial charge is 0.102 e. The number of hydrogen-bond acceptors (Lipinski definition) is 4. The highest BCUT2D eigenvalue weighted by atomic mass is 16.5. The third-order valence-electron chi connectivity index (χ3n) is 3.33. The van der Waals surface area contributed by atoms with E-state index in [1.807, 2.05) is 30.3 Å². The molecule has 0 saturated heterocycles. The molecule has 0 spiro atoms. The minimum Gasteiger partial charge on any atom is -0.411 e. The quantitative estimate of drug-likeness (QED) is 0.636. The van der Waals surface area contributed by atoms with Gasteiger partial charge in [-0.2, -0.15) is 0 Å². The SMILES string of the molecule is ON=C1CCC(OCC(O)c2ccccc2)CC1. The third-order valence-corrected chi connectivity index (χ3v) is 3.33. The average Bonchev–Trinajstić information content (AvgIpc) is 2.46. The third kappa shape index (κ3) is 3.55. The zero-order chi connectivity index (χ0) is 12.8. The molecule has 1 saturated carbocycles. The fourth-order valence-corrected chi connectivity index (χ4v) is 2.19. The van der Waals surface area contributed by atoms with Gasteiger partial charge in [0, 0.05) is 0 Å². The summed E-state index contributed by atoms with van der Waals surface area (Å²) in [5.41, 5.74) is 1.73. The molecule has 18 heavy (non-hydrogen) atoms. The van der Waals surface area contributed by atoms with Gasteiger partial charge in [-0.05, 0) is 31.2 Å². The summed E-state index contributed by atoms with van der Waals surface area (Å²) in [7, 11) is 0. The lowest BCUT2D eigenvalue weighted by Gasteiger charge is -2.24. The first-order chi connectivity index (χ1) is 8.79. The number of aliphatic hydroxyl groups excluding tert-OH is 1. The maximum atomic E-state index is 9.96. The van der Waals surface area contributed by atoms with Gasteiger partial charge < -0.3 is 15.1 Å². The molecule has 1 unspecified atom stereocenters. The normalized spacial score (nSPS) is 21.6. The molecule has 2 N–H and O–H groups in total. The summed E-state index contributed by atoms with van der Waals surface area (Å²) in [6, 6.07) is 9.52. The summed E-state index contributed by atoms with van der Waals surface area (Å²) in [5.74, 6) is 0. The van der Waals surface area contributed by atoms with Gasteiger partial charge in [0.25, 0.3) is 0 Å². The zero-order valence-electron chi connectivity index (χ0n) is 10.3. The first kappa shape index (κ1) is 13.1. The van der Waals surface area contributed by atoms with Gasteiger partial charge >= 0.3 is 0 Å². The summed E-state index contributed by atoms with van der Waals surface area (Å²) >= 11 is 0. The largest absolute Gasteiger partial charge is 0.411 e. The number of nitrogens with zero attached hydrogens (tertiary/aromatic N) is 1. The Bertz CT molecular complexity index is 381. The van der Waals surface area contributed by atoms with Gasteiger partial charge in [0.1, 0.15) is 6.10 Å². The van der Waals surface area contributed by atoms with Crippen LogP contribution in [0.2, 0.25) is 0 Å². The highest BCUT2D eigenvalue weighted by Gasteiger charge is 2.19.